The maximum atomic E-state index is 5.96. The van der Waals surface area contributed by atoms with E-state index in [0.29, 0.717) is 0 Å². The van der Waals surface area contributed by atoms with Gasteiger partial charge in [0.1, 0.15) is 5.69 Å². The van der Waals surface area contributed by atoms with E-state index in [0.717, 1.165) is 15.6 Å². The summed E-state index contributed by atoms with van der Waals surface area (Å²) in [4.78, 5) is 0. The summed E-state index contributed by atoms with van der Waals surface area (Å²) in [6.07, 6.45) is 0. The Hall–Kier alpha value is -1.54. The molecule has 0 atom stereocenters. The summed E-state index contributed by atoms with van der Waals surface area (Å²) >= 11 is 0. The van der Waals surface area contributed by atoms with E-state index in [4.69, 9.17) is 5.73 Å². The molecule has 0 aromatic heterocycles. The first-order valence-electron chi connectivity index (χ1n) is 5.09. The second-order valence-electron chi connectivity index (χ2n) is 4.77. The van der Waals surface area contributed by atoms with Crippen molar-refractivity contribution in [1.82, 2.24) is 4.48 Å². The molecule has 2 nitrogen and oxygen atoms in total. The van der Waals surface area contributed by atoms with Crippen LogP contribution in [0.3, 0.4) is 0 Å². The van der Waals surface area contributed by atoms with Gasteiger partial charge in [0.15, 0.2) is 0 Å². The van der Waals surface area contributed by atoms with Crippen LogP contribution in [-0.2, 0) is 0 Å². The molecule has 0 aliphatic carbocycles. The quantitative estimate of drug-likeness (QED) is 0.557. The van der Waals surface area contributed by atoms with Gasteiger partial charge in [0.05, 0.1) is 21.1 Å². The predicted molar refractivity (Wildman–Crippen MR) is 67.9 cm³/mol. The number of nitrogen functional groups attached to an aromatic ring is 1. The average Bonchev–Trinajstić information content (AvgIpc) is 2.16. The zero-order valence-electron chi connectivity index (χ0n) is 9.49. The number of benzene rings is 2. The van der Waals surface area contributed by atoms with Gasteiger partial charge in [-0.1, -0.05) is 12.1 Å². The summed E-state index contributed by atoms with van der Waals surface area (Å²) in [6, 6.07) is 12.5. The van der Waals surface area contributed by atoms with Gasteiger partial charge in [0.25, 0.3) is 0 Å². The number of hydrogen-bond donors (Lipinski definition) is 1. The van der Waals surface area contributed by atoms with Crippen LogP contribution in [0.1, 0.15) is 0 Å². The van der Waals surface area contributed by atoms with E-state index in [-0.39, 0.29) is 0 Å². The van der Waals surface area contributed by atoms with Crippen LogP contribution in [0.4, 0.5) is 11.4 Å². The molecule has 0 saturated heterocycles. The summed E-state index contributed by atoms with van der Waals surface area (Å²) in [5.74, 6) is 0. The van der Waals surface area contributed by atoms with Crippen LogP contribution in [0.5, 0.6) is 0 Å². The van der Waals surface area contributed by atoms with E-state index in [2.05, 4.69) is 45.4 Å². The van der Waals surface area contributed by atoms with Crippen molar-refractivity contribution in [3.05, 3.63) is 36.4 Å². The molecule has 0 bridgehead atoms. The normalized spacial score (nSPS) is 11.9. The van der Waals surface area contributed by atoms with Crippen molar-refractivity contribution in [2.24, 2.45) is 0 Å². The SMILES string of the molecule is C[N+](C)(C)c1ccc2cccc(N)c2c1. The molecule has 0 fully saturated rings. The molecule has 0 unspecified atom stereocenters. The number of nitrogens with zero attached hydrogens (tertiary/aromatic N) is 1. The monoisotopic (exact) mass is 201 g/mol. The first-order valence-corrected chi connectivity index (χ1v) is 5.09. The summed E-state index contributed by atoms with van der Waals surface area (Å²) in [5.41, 5.74) is 8.08. The Morgan fingerprint density at radius 2 is 1.73 bits per heavy atom. The second kappa shape index (κ2) is 3.24. The molecule has 78 valence electrons. The Kier molecular flexibility index (Phi) is 2.16. The van der Waals surface area contributed by atoms with Crippen molar-refractivity contribution in [3.8, 4) is 0 Å². The minimum Gasteiger partial charge on any atom is -0.398 e. The average molecular weight is 201 g/mol. The Balaban J connectivity index is 2.70. The third kappa shape index (κ3) is 1.81. The van der Waals surface area contributed by atoms with Gasteiger partial charge in [0, 0.05) is 17.1 Å². The van der Waals surface area contributed by atoms with Crippen LogP contribution in [0, 0.1) is 0 Å². The van der Waals surface area contributed by atoms with Gasteiger partial charge in [-0.25, -0.2) is 0 Å². The second-order valence-corrected chi connectivity index (χ2v) is 4.77. The van der Waals surface area contributed by atoms with E-state index >= 15 is 0 Å². The molecule has 0 saturated carbocycles. The molecule has 2 aromatic rings. The number of fused-ring (bicyclic) bond motifs is 1. The predicted octanol–water partition coefficient (Wildman–Crippen LogP) is 2.62. The van der Waals surface area contributed by atoms with E-state index in [1.54, 1.807) is 0 Å². The highest BCUT2D eigenvalue weighted by Gasteiger charge is 2.12. The maximum absolute atomic E-state index is 5.96. The lowest BCUT2D eigenvalue weighted by Crippen LogP contribution is -2.34. The molecule has 0 spiro atoms. The van der Waals surface area contributed by atoms with Crippen molar-refractivity contribution in [1.29, 1.82) is 0 Å². The number of anilines is 1. The number of hydrogen-bond acceptors (Lipinski definition) is 1. The first-order chi connectivity index (χ1) is 6.98. The minimum absolute atomic E-state index is 0.810. The first kappa shape index (κ1) is 9.99. The van der Waals surface area contributed by atoms with Crippen LogP contribution in [0.25, 0.3) is 10.8 Å². The zero-order chi connectivity index (χ0) is 11.1. The Morgan fingerprint density at radius 3 is 2.40 bits per heavy atom. The molecule has 2 rings (SSSR count). The van der Waals surface area contributed by atoms with Crippen molar-refractivity contribution in [2.75, 3.05) is 26.9 Å². The Morgan fingerprint density at radius 1 is 1.00 bits per heavy atom. The van der Waals surface area contributed by atoms with Gasteiger partial charge >= 0.3 is 0 Å². The third-order valence-electron chi connectivity index (χ3n) is 2.67. The molecule has 0 radical (unpaired) electrons. The lowest BCUT2D eigenvalue weighted by atomic mass is 10.1. The van der Waals surface area contributed by atoms with Crippen molar-refractivity contribution in [3.63, 3.8) is 0 Å². The van der Waals surface area contributed by atoms with Crippen LogP contribution in [0.2, 0.25) is 0 Å². The zero-order valence-corrected chi connectivity index (χ0v) is 9.49. The maximum Gasteiger partial charge on any atom is 0.132 e. The fourth-order valence-electron chi connectivity index (χ4n) is 1.70. The molecule has 2 heteroatoms. The summed E-state index contributed by atoms with van der Waals surface area (Å²) in [7, 11) is 6.46. The summed E-state index contributed by atoms with van der Waals surface area (Å²) < 4.78 is 0.810. The van der Waals surface area contributed by atoms with Crippen LogP contribution in [-0.4, -0.2) is 21.1 Å². The van der Waals surface area contributed by atoms with E-state index in [1.165, 1.54) is 11.1 Å². The molecule has 0 heterocycles. The largest absolute Gasteiger partial charge is 0.398 e. The number of nitrogens with two attached hydrogens (primary N) is 1. The number of quaternary nitrogens is 1. The van der Waals surface area contributed by atoms with Crippen LogP contribution < -0.4 is 10.2 Å². The van der Waals surface area contributed by atoms with Crippen LogP contribution in [0.15, 0.2) is 36.4 Å². The molecular weight excluding hydrogens is 184 g/mol. The molecule has 0 aliphatic rings. The molecule has 15 heavy (non-hydrogen) atoms. The molecular formula is C13H17N2+. The van der Waals surface area contributed by atoms with Gasteiger partial charge < -0.3 is 5.73 Å². The minimum atomic E-state index is 0.810. The highest BCUT2D eigenvalue weighted by Crippen LogP contribution is 2.27. The third-order valence-corrected chi connectivity index (χ3v) is 2.67. The standard InChI is InChI=1S/C13H17N2/c1-15(2,3)11-8-7-10-5-4-6-13(14)12(10)9-11/h4-9H,14H2,1-3H3/q+1. The topological polar surface area (TPSA) is 26.0 Å². The van der Waals surface area contributed by atoms with E-state index in [9.17, 15) is 0 Å². The number of rotatable bonds is 1. The lowest BCUT2D eigenvalue weighted by molar-refractivity contribution is 0.487. The van der Waals surface area contributed by atoms with Crippen molar-refractivity contribution >= 4 is 22.1 Å². The lowest BCUT2D eigenvalue weighted by Gasteiger charge is -2.23. The van der Waals surface area contributed by atoms with Gasteiger partial charge in [0.2, 0.25) is 0 Å². The van der Waals surface area contributed by atoms with E-state index < -0.39 is 0 Å². The van der Waals surface area contributed by atoms with Crippen molar-refractivity contribution in [2.45, 2.75) is 0 Å². The fourth-order valence-corrected chi connectivity index (χ4v) is 1.70. The van der Waals surface area contributed by atoms with Gasteiger partial charge in [-0.15, -0.1) is 0 Å². The van der Waals surface area contributed by atoms with Crippen LogP contribution >= 0.6 is 0 Å². The molecule has 2 aromatic carbocycles. The molecule has 0 amide bonds. The Labute approximate surface area is 90.5 Å². The Bertz CT molecular complexity index is 495. The van der Waals surface area contributed by atoms with E-state index in [1.807, 2.05) is 12.1 Å². The molecule has 0 aliphatic heterocycles. The summed E-state index contributed by atoms with van der Waals surface area (Å²) in [5, 5.41) is 2.34. The summed E-state index contributed by atoms with van der Waals surface area (Å²) in [6.45, 7) is 0. The highest BCUT2D eigenvalue weighted by molar-refractivity contribution is 5.94. The van der Waals surface area contributed by atoms with Gasteiger partial charge in [-0.3, -0.25) is 4.48 Å². The fraction of sp³-hybridized carbons (Fsp3) is 0.231. The van der Waals surface area contributed by atoms with Gasteiger partial charge in [-0.05, 0) is 23.6 Å². The van der Waals surface area contributed by atoms with Crippen molar-refractivity contribution < 1.29 is 0 Å². The smallest absolute Gasteiger partial charge is 0.132 e. The molecule has 2 N–H and O–H groups in total. The highest BCUT2D eigenvalue weighted by atomic mass is 15.3. The van der Waals surface area contributed by atoms with Gasteiger partial charge in [-0.2, -0.15) is 0 Å².